The lowest BCUT2D eigenvalue weighted by Gasteiger charge is -2.32. The van der Waals surface area contributed by atoms with Gasteiger partial charge in [0, 0.05) is 5.69 Å². The summed E-state index contributed by atoms with van der Waals surface area (Å²) in [6.45, 7) is 5.87. The van der Waals surface area contributed by atoms with Crippen LogP contribution in [0.5, 0.6) is 0 Å². The number of benzene rings is 2. The summed E-state index contributed by atoms with van der Waals surface area (Å²) in [5.74, 6) is 0. The molecule has 0 heterocycles. The summed E-state index contributed by atoms with van der Waals surface area (Å²) in [4.78, 5) is 1.95. The second-order valence-electron chi connectivity index (χ2n) is 5.44. The first kappa shape index (κ1) is 16.1. The van der Waals surface area contributed by atoms with Gasteiger partial charge in [0.15, 0.2) is 0 Å². The maximum atomic E-state index is 5.96. The standard InChI is InChI=1S/C17H23N5/c1-12-4-6-15(7-5-12)20-21-16-8-10-17(11-9-16)22(13(2)18)14(3)19/h4-11,13-14H,18-19H2,1-3H3. The van der Waals surface area contributed by atoms with E-state index in [1.807, 2.05) is 74.2 Å². The van der Waals surface area contributed by atoms with E-state index in [2.05, 4.69) is 10.2 Å². The van der Waals surface area contributed by atoms with E-state index in [0.29, 0.717) is 0 Å². The molecule has 0 saturated carbocycles. The first-order valence-corrected chi connectivity index (χ1v) is 7.35. The van der Waals surface area contributed by atoms with Crippen LogP contribution in [0.3, 0.4) is 0 Å². The predicted molar refractivity (Wildman–Crippen MR) is 91.6 cm³/mol. The molecule has 116 valence electrons. The van der Waals surface area contributed by atoms with Crippen LogP contribution in [-0.4, -0.2) is 12.3 Å². The molecular formula is C17H23N5. The zero-order valence-electron chi connectivity index (χ0n) is 13.3. The lowest BCUT2D eigenvalue weighted by molar-refractivity contribution is 0.574. The van der Waals surface area contributed by atoms with E-state index in [4.69, 9.17) is 11.5 Å². The fourth-order valence-electron chi connectivity index (χ4n) is 2.26. The van der Waals surface area contributed by atoms with Crippen LogP contribution in [-0.2, 0) is 0 Å². The second kappa shape index (κ2) is 7.15. The van der Waals surface area contributed by atoms with Gasteiger partial charge in [0.25, 0.3) is 0 Å². The van der Waals surface area contributed by atoms with Crippen molar-refractivity contribution in [2.24, 2.45) is 21.7 Å². The van der Waals surface area contributed by atoms with E-state index in [9.17, 15) is 0 Å². The van der Waals surface area contributed by atoms with E-state index in [1.165, 1.54) is 5.56 Å². The van der Waals surface area contributed by atoms with Gasteiger partial charge < -0.3 is 16.4 Å². The molecule has 0 aromatic heterocycles. The smallest absolute Gasteiger partial charge is 0.0858 e. The topological polar surface area (TPSA) is 80.0 Å². The van der Waals surface area contributed by atoms with Crippen molar-refractivity contribution in [2.45, 2.75) is 33.1 Å². The second-order valence-corrected chi connectivity index (χ2v) is 5.44. The molecule has 0 aliphatic rings. The minimum atomic E-state index is -0.153. The number of azo groups is 1. The molecule has 4 N–H and O–H groups in total. The molecule has 2 unspecified atom stereocenters. The minimum Gasteiger partial charge on any atom is -0.341 e. The summed E-state index contributed by atoms with van der Waals surface area (Å²) in [5.41, 5.74) is 15.7. The van der Waals surface area contributed by atoms with Gasteiger partial charge in [-0.2, -0.15) is 10.2 Å². The third kappa shape index (κ3) is 4.13. The highest BCUT2D eigenvalue weighted by molar-refractivity contribution is 5.53. The van der Waals surface area contributed by atoms with E-state index in [0.717, 1.165) is 17.1 Å². The van der Waals surface area contributed by atoms with Crippen LogP contribution in [0.4, 0.5) is 17.1 Å². The quantitative estimate of drug-likeness (QED) is 0.650. The molecule has 0 saturated heterocycles. The molecule has 5 nitrogen and oxygen atoms in total. The van der Waals surface area contributed by atoms with Crippen LogP contribution in [0.2, 0.25) is 0 Å². The van der Waals surface area contributed by atoms with Gasteiger partial charge in [-0.25, -0.2) is 0 Å². The van der Waals surface area contributed by atoms with E-state index >= 15 is 0 Å². The zero-order valence-corrected chi connectivity index (χ0v) is 13.3. The Bertz CT molecular complexity index is 607. The highest BCUT2D eigenvalue weighted by Crippen LogP contribution is 2.23. The molecule has 0 radical (unpaired) electrons. The van der Waals surface area contributed by atoms with Crippen molar-refractivity contribution in [1.82, 2.24) is 0 Å². The molecular weight excluding hydrogens is 274 g/mol. The molecule has 0 fully saturated rings. The van der Waals surface area contributed by atoms with Crippen molar-refractivity contribution in [3.63, 3.8) is 0 Å². The molecule has 2 atom stereocenters. The Morgan fingerprint density at radius 1 is 0.773 bits per heavy atom. The van der Waals surface area contributed by atoms with Crippen LogP contribution >= 0.6 is 0 Å². The van der Waals surface area contributed by atoms with E-state index < -0.39 is 0 Å². The van der Waals surface area contributed by atoms with Crippen molar-refractivity contribution in [3.05, 3.63) is 54.1 Å². The third-order valence-electron chi connectivity index (χ3n) is 3.34. The molecule has 22 heavy (non-hydrogen) atoms. The molecule has 0 aliphatic carbocycles. The van der Waals surface area contributed by atoms with Gasteiger partial charge in [0.2, 0.25) is 0 Å². The van der Waals surface area contributed by atoms with Crippen molar-refractivity contribution in [1.29, 1.82) is 0 Å². The Hall–Kier alpha value is -2.24. The van der Waals surface area contributed by atoms with E-state index in [-0.39, 0.29) is 12.3 Å². The van der Waals surface area contributed by atoms with Crippen molar-refractivity contribution < 1.29 is 0 Å². The van der Waals surface area contributed by atoms with Crippen LogP contribution < -0.4 is 16.4 Å². The Balaban J connectivity index is 2.13. The number of hydrogen-bond donors (Lipinski definition) is 2. The molecule has 2 aromatic rings. The number of nitrogens with two attached hydrogens (primary N) is 2. The number of anilines is 1. The van der Waals surface area contributed by atoms with Gasteiger partial charge in [-0.1, -0.05) is 17.7 Å². The highest BCUT2D eigenvalue weighted by Gasteiger charge is 2.14. The molecule has 0 amide bonds. The lowest BCUT2D eigenvalue weighted by atomic mass is 10.2. The van der Waals surface area contributed by atoms with Crippen LogP contribution in [0, 0.1) is 6.92 Å². The Morgan fingerprint density at radius 2 is 1.18 bits per heavy atom. The molecule has 2 aromatic carbocycles. The predicted octanol–water partition coefficient (Wildman–Crippen LogP) is 3.83. The molecule has 0 spiro atoms. The van der Waals surface area contributed by atoms with Gasteiger partial charge >= 0.3 is 0 Å². The fourth-order valence-corrected chi connectivity index (χ4v) is 2.26. The Kier molecular flexibility index (Phi) is 5.25. The Morgan fingerprint density at radius 3 is 1.59 bits per heavy atom. The van der Waals surface area contributed by atoms with Gasteiger partial charge in [0.1, 0.15) is 0 Å². The van der Waals surface area contributed by atoms with Gasteiger partial charge in [-0.05, 0) is 57.2 Å². The van der Waals surface area contributed by atoms with E-state index in [1.54, 1.807) is 0 Å². The number of nitrogens with zero attached hydrogens (tertiary/aromatic N) is 3. The summed E-state index contributed by atoms with van der Waals surface area (Å²) in [5, 5.41) is 8.46. The van der Waals surface area contributed by atoms with Gasteiger partial charge in [0.05, 0.1) is 23.7 Å². The average molecular weight is 297 g/mol. The number of aryl methyl sites for hydroxylation is 1. The molecule has 2 rings (SSSR count). The van der Waals surface area contributed by atoms with Gasteiger partial charge in [-0.3, -0.25) is 0 Å². The molecule has 0 bridgehead atoms. The first-order chi connectivity index (χ1) is 10.5. The lowest BCUT2D eigenvalue weighted by Crippen LogP contribution is -2.49. The number of hydrogen-bond acceptors (Lipinski definition) is 5. The van der Waals surface area contributed by atoms with Crippen molar-refractivity contribution in [2.75, 3.05) is 4.90 Å². The molecule has 5 heteroatoms. The Labute approximate surface area is 131 Å². The van der Waals surface area contributed by atoms with Crippen molar-refractivity contribution >= 4 is 17.1 Å². The monoisotopic (exact) mass is 297 g/mol. The van der Waals surface area contributed by atoms with Crippen molar-refractivity contribution in [3.8, 4) is 0 Å². The summed E-state index contributed by atoms with van der Waals surface area (Å²) < 4.78 is 0. The van der Waals surface area contributed by atoms with Crippen LogP contribution in [0.1, 0.15) is 19.4 Å². The zero-order chi connectivity index (χ0) is 16.1. The summed E-state index contributed by atoms with van der Waals surface area (Å²) in [6, 6.07) is 15.6. The minimum absolute atomic E-state index is 0.153. The van der Waals surface area contributed by atoms with Crippen LogP contribution in [0.25, 0.3) is 0 Å². The normalized spacial score (nSPS) is 14.0. The average Bonchev–Trinajstić information content (AvgIpc) is 2.47. The maximum absolute atomic E-state index is 5.96. The summed E-state index contributed by atoms with van der Waals surface area (Å²) in [7, 11) is 0. The molecule has 0 aliphatic heterocycles. The largest absolute Gasteiger partial charge is 0.341 e. The van der Waals surface area contributed by atoms with Gasteiger partial charge in [-0.15, -0.1) is 0 Å². The van der Waals surface area contributed by atoms with Crippen LogP contribution in [0.15, 0.2) is 58.8 Å². The maximum Gasteiger partial charge on any atom is 0.0858 e. The number of rotatable bonds is 5. The SMILES string of the molecule is Cc1ccc(N=Nc2ccc(N(C(C)N)C(C)N)cc2)cc1. The highest BCUT2D eigenvalue weighted by atomic mass is 15.3. The first-order valence-electron chi connectivity index (χ1n) is 7.35. The fraction of sp³-hybridized carbons (Fsp3) is 0.294. The summed E-state index contributed by atoms with van der Waals surface area (Å²) in [6.07, 6.45) is -0.305. The summed E-state index contributed by atoms with van der Waals surface area (Å²) >= 11 is 0. The third-order valence-corrected chi connectivity index (χ3v) is 3.34.